The molecule has 7 nitrogen and oxygen atoms in total. The molecule has 2 aromatic heterocycles. The summed E-state index contributed by atoms with van der Waals surface area (Å²) in [6, 6.07) is 7.39. The summed E-state index contributed by atoms with van der Waals surface area (Å²) in [5.41, 5.74) is 1.11. The molecule has 0 spiro atoms. The van der Waals surface area contributed by atoms with Crippen molar-refractivity contribution >= 4 is 60.6 Å². The number of pyridine rings is 1. The lowest BCUT2D eigenvalue weighted by Gasteiger charge is -2.21. The van der Waals surface area contributed by atoms with Crippen molar-refractivity contribution in [1.29, 1.82) is 0 Å². The van der Waals surface area contributed by atoms with Crippen LogP contribution in [-0.2, 0) is 23.0 Å². The number of anilines is 1. The highest BCUT2D eigenvalue weighted by Gasteiger charge is 2.26. The van der Waals surface area contributed by atoms with Crippen LogP contribution in [0.15, 0.2) is 48.8 Å². The summed E-state index contributed by atoms with van der Waals surface area (Å²) in [5.74, 6) is -3.13. The van der Waals surface area contributed by atoms with Crippen LogP contribution in [0.4, 0.5) is 18.9 Å². The maximum absolute atomic E-state index is 14.4. The zero-order valence-electron chi connectivity index (χ0n) is 20.9. The summed E-state index contributed by atoms with van der Waals surface area (Å²) in [6.45, 7) is 0.0155. The van der Waals surface area contributed by atoms with E-state index in [1.54, 1.807) is 0 Å². The quantitative estimate of drug-likeness (QED) is 0.218. The predicted octanol–water partition coefficient (Wildman–Crippen LogP) is 6.36. The van der Waals surface area contributed by atoms with E-state index in [9.17, 15) is 31.8 Å². The summed E-state index contributed by atoms with van der Waals surface area (Å²) in [5, 5.41) is 22.2. The highest BCUT2D eigenvalue weighted by molar-refractivity contribution is 7.92. The minimum atomic E-state index is -3.86. The lowest BCUT2D eigenvalue weighted by Crippen LogP contribution is -2.25. The van der Waals surface area contributed by atoms with Crippen LogP contribution in [-0.4, -0.2) is 41.5 Å². The summed E-state index contributed by atoms with van der Waals surface area (Å²) < 4.78 is 69.4. The lowest BCUT2D eigenvalue weighted by molar-refractivity contribution is 0.425. The molecule has 0 atom stereocenters. The number of nitrogens with zero attached hydrogens (tertiary/aromatic N) is 3. The second-order valence-corrected chi connectivity index (χ2v) is 12.1. The van der Waals surface area contributed by atoms with Crippen molar-refractivity contribution in [3.63, 3.8) is 0 Å². The van der Waals surface area contributed by atoms with E-state index in [0.29, 0.717) is 17.2 Å². The molecule has 2 N–H and O–H groups in total. The van der Waals surface area contributed by atoms with Crippen molar-refractivity contribution in [2.45, 2.75) is 13.0 Å². The number of phenolic OH excluding ortho intramolecular Hbond substituents is 1. The first-order valence-corrected chi connectivity index (χ1v) is 14.2. The predicted molar refractivity (Wildman–Crippen MR) is 149 cm³/mol. The van der Waals surface area contributed by atoms with Gasteiger partial charge in [0.15, 0.2) is 5.75 Å². The Bertz CT molecular complexity index is 1950. The van der Waals surface area contributed by atoms with Gasteiger partial charge in [0.05, 0.1) is 33.9 Å². The lowest BCUT2D eigenvalue weighted by atomic mass is 10.0. The van der Waals surface area contributed by atoms with Crippen molar-refractivity contribution in [3.8, 4) is 11.6 Å². The highest BCUT2D eigenvalue weighted by atomic mass is 35.5. The molecule has 0 amide bonds. The van der Waals surface area contributed by atoms with Crippen LogP contribution in [0.3, 0.4) is 0 Å². The molecule has 40 heavy (non-hydrogen) atoms. The Morgan fingerprint density at radius 1 is 0.950 bits per heavy atom. The minimum Gasteiger partial charge on any atom is -0.505 e. The summed E-state index contributed by atoms with van der Waals surface area (Å²) in [6.07, 6.45) is 3.73. The number of hydrogen-bond acceptors (Lipinski definition) is 5. The topological polar surface area (TPSA) is 95.7 Å². The molecule has 5 aromatic rings. The van der Waals surface area contributed by atoms with Gasteiger partial charge in [0.1, 0.15) is 23.0 Å². The van der Waals surface area contributed by atoms with Gasteiger partial charge in [0, 0.05) is 42.7 Å². The molecule has 0 aliphatic rings. The SMILES string of the molecule is CN(c1c2cc(Cc3cc(Cl)c(F)cc3F)cnc2c(O)c2c(O)n(Cc3ccc(F)c(Cl)c3)cc12)S(C)(=O)=O. The first kappa shape index (κ1) is 27.9. The van der Waals surface area contributed by atoms with Crippen LogP contribution < -0.4 is 4.31 Å². The van der Waals surface area contributed by atoms with Gasteiger partial charge in [-0.05, 0) is 41.0 Å². The number of aromatic hydroxyl groups is 2. The third-order valence-electron chi connectivity index (χ3n) is 6.60. The molecule has 208 valence electrons. The number of halogens is 5. The Morgan fingerprint density at radius 3 is 2.33 bits per heavy atom. The van der Waals surface area contributed by atoms with E-state index in [4.69, 9.17) is 23.2 Å². The number of aromatic nitrogens is 2. The smallest absolute Gasteiger partial charge is 0.232 e. The Labute approximate surface area is 236 Å². The molecular formula is C27H20Cl2F3N3O4S. The zero-order valence-corrected chi connectivity index (χ0v) is 23.2. The molecule has 0 saturated carbocycles. The third kappa shape index (κ3) is 4.89. The van der Waals surface area contributed by atoms with Gasteiger partial charge >= 0.3 is 0 Å². The average Bonchev–Trinajstić information content (AvgIpc) is 3.19. The molecule has 0 fully saturated rings. The first-order chi connectivity index (χ1) is 18.8. The molecule has 0 unspecified atom stereocenters. The summed E-state index contributed by atoms with van der Waals surface area (Å²) in [4.78, 5) is 4.30. The number of benzene rings is 3. The fourth-order valence-electron chi connectivity index (χ4n) is 4.58. The maximum Gasteiger partial charge on any atom is 0.232 e. The van der Waals surface area contributed by atoms with Gasteiger partial charge in [-0.15, -0.1) is 0 Å². The Kier molecular flexibility index (Phi) is 7.01. The van der Waals surface area contributed by atoms with E-state index >= 15 is 0 Å². The maximum atomic E-state index is 14.4. The van der Waals surface area contributed by atoms with Crippen LogP contribution in [0.25, 0.3) is 21.7 Å². The van der Waals surface area contributed by atoms with Crippen LogP contribution >= 0.6 is 23.2 Å². The van der Waals surface area contributed by atoms with Crippen molar-refractivity contribution in [2.75, 3.05) is 17.6 Å². The van der Waals surface area contributed by atoms with Gasteiger partial charge in [-0.3, -0.25) is 9.29 Å². The van der Waals surface area contributed by atoms with Gasteiger partial charge in [0.25, 0.3) is 0 Å². The van der Waals surface area contributed by atoms with E-state index in [1.807, 2.05) is 0 Å². The van der Waals surface area contributed by atoms with Crippen molar-refractivity contribution < 1.29 is 31.8 Å². The van der Waals surface area contributed by atoms with Gasteiger partial charge < -0.3 is 14.8 Å². The number of rotatable bonds is 6. The summed E-state index contributed by atoms with van der Waals surface area (Å²) >= 11 is 11.7. The highest BCUT2D eigenvalue weighted by Crippen LogP contribution is 2.47. The van der Waals surface area contributed by atoms with E-state index in [0.717, 1.165) is 16.6 Å². The zero-order chi connectivity index (χ0) is 29.1. The number of phenols is 1. The number of hydrogen-bond donors (Lipinski definition) is 2. The monoisotopic (exact) mass is 609 g/mol. The molecule has 0 saturated heterocycles. The number of sulfonamides is 1. The molecule has 0 bridgehead atoms. The molecule has 13 heteroatoms. The Morgan fingerprint density at radius 2 is 1.65 bits per heavy atom. The van der Waals surface area contributed by atoms with E-state index in [2.05, 4.69) is 4.98 Å². The van der Waals surface area contributed by atoms with Gasteiger partial charge in [-0.1, -0.05) is 29.3 Å². The fourth-order valence-corrected chi connectivity index (χ4v) is 5.49. The minimum absolute atomic E-state index is 0.0155. The van der Waals surface area contributed by atoms with Crippen molar-refractivity contribution in [3.05, 3.63) is 93.0 Å². The van der Waals surface area contributed by atoms with Crippen LogP contribution in [0.1, 0.15) is 16.7 Å². The third-order valence-corrected chi connectivity index (χ3v) is 8.36. The molecule has 2 heterocycles. The van der Waals surface area contributed by atoms with E-state index < -0.39 is 33.2 Å². The van der Waals surface area contributed by atoms with Crippen molar-refractivity contribution in [2.24, 2.45) is 0 Å². The van der Waals surface area contributed by atoms with E-state index in [1.165, 1.54) is 48.3 Å². The molecule has 0 aliphatic carbocycles. The van der Waals surface area contributed by atoms with Gasteiger partial charge in [0.2, 0.25) is 15.9 Å². The second-order valence-electron chi connectivity index (χ2n) is 9.32. The van der Waals surface area contributed by atoms with E-state index in [-0.39, 0.29) is 61.8 Å². The molecular weight excluding hydrogens is 590 g/mol. The second kappa shape index (κ2) is 10.1. The van der Waals surface area contributed by atoms with Crippen LogP contribution in [0.2, 0.25) is 10.0 Å². The van der Waals surface area contributed by atoms with Crippen LogP contribution in [0.5, 0.6) is 11.6 Å². The standard InChI is InChI=1S/C27H20Cl2F3N3O4S/c1-34(40(2,38)39)25-16-6-14(5-15-8-19(29)22(32)9-21(15)31)10-33-24(16)26(36)23-17(25)12-35(27(23)37)11-13-3-4-20(30)18(28)7-13/h3-4,6-10,12,36-37H,5,11H2,1-2H3. The Balaban J connectivity index is 1.74. The number of fused-ring (bicyclic) bond motifs is 2. The van der Waals surface area contributed by atoms with Crippen LogP contribution in [0, 0.1) is 17.5 Å². The normalized spacial score (nSPS) is 12.0. The largest absolute Gasteiger partial charge is 0.505 e. The first-order valence-electron chi connectivity index (χ1n) is 11.6. The van der Waals surface area contributed by atoms with Gasteiger partial charge in [-0.2, -0.15) is 0 Å². The average molecular weight is 610 g/mol. The molecule has 5 rings (SSSR count). The van der Waals surface area contributed by atoms with Crippen molar-refractivity contribution in [1.82, 2.24) is 9.55 Å². The summed E-state index contributed by atoms with van der Waals surface area (Å²) in [7, 11) is -2.55. The molecule has 0 aliphatic heterocycles. The molecule has 0 radical (unpaired) electrons. The fraction of sp³-hybridized carbons (Fsp3) is 0.148. The molecule has 3 aromatic carbocycles. The van der Waals surface area contributed by atoms with Gasteiger partial charge in [-0.25, -0.2) is 21.6 Å². The Hall–Kier alpha value is -3.67.